The van der Waals surface area contributed by atoms with Gasteiger partial charge in [-0.2, -0.15) is 0 Å². The lowest BCUT2D eigenvalue weighted by atomic mass is 10.7. The monoisotopic (exact) mass is 206 g/mol. The molecule has 0 aromatic heterocycles. The van der Waals surface area contributed by atoms with Gasteiger partial charge < -0.3 is 19.3 Å². The van der Waals surface area contributed by atoms with Crippen LogP contribution in [0.2, 0.25) is 0 Å². The molecule has 0 fully saturated rings. The first kappa shape index (κ1) is 14.8. The second-order valence-electron chi connectivity index (χ2n) is 1.75. The van der Waals surface area contributed by atoms with Crippen molar-refractivity contribution < 1.29 is 28.9 Å². The zero-order valence-electron chi connectivity index (χ0n) is 8.19. The van der Waals surface area contributed by atoms with Gasteiger partial charge >= 0.3 is 12.3 Å². The van der Waals surface area contributed by atoms with Gasteiger partial charge in [0.1, 0.15) is 6.61 Å². The first-order valence-electron chi connectivity index (χ1n) is 3.75. The van der Waals surface area contributed by atoms with E-state index in [1.165, 1.54) is 13.2 Å². The molecule has 0 atom stereocenters. The highest BCUT2D eigenvalue weighted by molar-refractivity contribution is 5.59. The molecule has 0 heterocycles. The van der Waals surface area contributed by atoms with Gasteiger partial charge in [0.2, 0.25) is 0 Å². The maximum Gasteiger partial charge on any atom is 0.507 e. The molecule has 0 amide bonds. The van der Waals surface area contributed by atoms with Crippen LogP contribution in [-0.2, 0) is 14.2 Å². The van der Waals surface area contributed by atoms with E-state index in [1.54, 1.807) is 6.92 Å². The Morgan fingerprint density at radius 2 is 2.00 bits per heavy atom. The molecule has 0 aliphatic rings. The van der Waals surface area contributed by atoms with Crippen molar-refractivity contribution in [1.82, 2.24) is 0 Å². The normalized spacial score (nSPS) is 7.57. The SMILES string of the molecule is C=CCOC(=O)O.CCOC(=O)OC. The number of carboxylic acid groups (broad SMARTS) is 1. The third-order valence-corrected chi connectivity index (χ3v) is 0.754. The van der Waals surface area contributed by atoms with Crippen LogP contribution in [0.1, 0.15) is 6.92 Å². The van der Waals surface area contributed by atoms with Crippen molar-refractivity contribution in [2.75, 3.05) is 20.3 Å². The molecule has 6 heteroatoms. The Bertz CT molecular complexity index is 177. The summed E-state index contributed by atoms with van der Waals surface area (Å²) in [6.45, 7) is 5.40. The highest BCUT2D eigenvalue weighted by Gasteiger charge is 1.92. The highest BCUT2D eigenvalue weighted by atomic mass is 16.7. The quantitative estimate of drug-likeness (QED) is 0.558. The maximum atomic E-state index is 9.97. The van der Waals surface area contributed by atoms with Gasteiger partial charge in [0.05, 0.1) is 13.7 Å². The number of hydrogen-bond acceptors (Lipinski definition) is 5. The highest BCUT2D eigenvalue weighted by Crippen LogP contribution is 1.77. The summed E-state index contributed by atoms with van der Waals surface area (Å²) in [6, 6.07) is 0. The summed E-state index contributed by atoms with van der Waals surface area (Å²) in [5, 5.41) is 7.77. The fourth-order valence-electron chi connectivity index (χ4n) is 0.307. The molecule has 0 saturated heterocycles. The van der Waals surface area contributed by atoms with Crippen LogP contribution in [-0.4, -0.2) is 37.7 Å². The Morgan fingerprint density at radius 1 is 1.43 bits per heavy atom. The van der Waals surface area contributed by atoms with Gasteiger partial charge in [-0.25, -0.2) is 9.59 Å². The van der Waals surface area contributed by atoms with E-state index in [1.807, 2.05) is 0 Å². The minimum atomic E-state index is -1.26. The summed E-state index contributed by atoms with van der Waals surface area (Å²) in [6.07, 6.45) is -0.517. The lowest BCUT2D eigenvalue weighted by molar-refractivity contribution is 0.0770. The molecule has 14 heavy (non-hydrogen) atoms. The lowest BCUT2D eigenvalue weighted by Gasteiger charge is -1.94. The van der Waals surface area contributed by atoms with E-state index in [0.29, 0.717) is 6.61 Å². The van der Waals surface area contributed by atoms with Crippen LogP contribution in [0.3, 0.4) is 0 Å². The first-order chi connectivity index (χ1) is 6.58. The lowest BCUT2D eigenvalue weighted by Crippen LogP contribution is -2.02. The molecule has 0 aliphatic heterocycles. The van der Waals surface area contributed by atoms with E-state index < -0.39 is 12.3 Å². The molecule has 0 aromatic carbocycles. The predicted molar refractivity (Wildman–Crippen MR) is 48.2 cm³/mol. The van der Waals surface area contributed by atoms with Gasteiger partial charge in [0.25, 0.3) is 0 Å². The summed E-state index contributed by atoms with van der Waals surface area (Å²) in [4.78, 5) is 19.5. The minimum absolute atomic E-state index is 0.0648. The van der Waals surface area contributed by atoms with E-state index in [-0.39, 0.29) is 6.61 Å². The summed E-state index contributed by atoms with van der Waals surface area (Å²) in [7, 11) is 1.28. The molecular weight excluding hydrogens is 192 g/mol. The van der Waals surface area contributed by atoms with Gasteiger partial charge in [-0.15, -0.1) is 0 Å². The molecular formula is C8H14O6. The molecule has 0 spiro atoms. The fraction of sp³-hybridized carbons (Fsp3) is 0.500. The number of methoxy groups -OCH3 is 1. The van der Waals surface area contributed by atoms with E-state index in [4.69, 9.17) is 5.11 Å². The third kappa shape index (κ3) is 16.7. The van der Waals surface area contributed by atoms with Gasteiger partial charge in [-0.05, 0) is 6.92 Å². The summed E-state index contributed by atoms with van der Waals surface area (Å²) in [5.41, 5.74) is 0. The molecule has 82 valence electrons. The molecule has 0 rings (SSSR count). The predicted octanol–water partition coefficient (Wildman–Crippen LogP) is 1.66. The van der Waals surface area contributed by atoms with Gasteiger partial charge in [-0.1, -0.05) is 12.7 Å². The maximum absolute atomic E-state index is 9.97. The fourth-order valence-corrected chi connectivity index (χ4v) is 0.307. The van der Waals surface area contributed by atoms with Crippen LogP contribution in [0, 0.1) is 0 Å². The number of carbonyl (C=O) groups is 2. The topological polar surface area (TPSA) is 82.1 Å². The Morgan fingerprint density at radius 3 is 2.14 bits per heavy atom. The molecule has 0 saturated carbocycles. The minimum Gasteiger partial charge on any atom is -0.450 e. The average molecular weight is 206 g/mol. The standard InChI is InChI=1S/C4H8O3.C4H6O3/c1-3-7-4(5)6-2;1-2-3-7-4(5)6/h3H2,1-2H3;2H,1,3H2,(H,5,6). The van der Waals surface area contributed by atoms with Crippen LogP contribution < -0.4 is 0 Å². The largest absolute Gasteiger partial charge is 0.507 e. The molecule has 0 aliphatic carbocycles. The van der Waals surface area contributed by atoms with Crippen molar-refractivity contribution in [2.24, 2.45) is 0 Å². The van der Waals surface area contributed by atoms with Gasteiger partial charge in [-0.3, -0.25) is 0 Å². The number of carbonyl (C=O) groups excluding carboxylic acids is 1. The average Bonchev–Trinajstić information content (AvgIpc) is 2.16. The summed E-state index contributed by atoms with van der Waals surface area (Å²) >= 11 is 0. The number of rotatable bonds is 3. The van der Waals surface area contributed by atoms with E-state index in [9.17, 15) is 9.59 Å². The van der Waals surface area contributed by atoms with Gasteiger partial charge in [0, 0.05) is 0 Å². The van der Waals surface area contributed by atoms with Crippen LogP contribution in [0.5, 0.6) is 0 Å². The smallest absolute Gasteiger partial charge is 0.450 e. The van der Waals surface area contributed by atoms with E-state index >= 15 is 0 Å². The van der Waals surface area contributed by atoms with Crippen molar-refractivity contribution >= 4 is 12.3 Å². The second kappa shape index (κ2) is 11.3. The molecule has 0 unspecified atom stereocenters. The zero-order valence-corrected chi connectivity index (χ0v) is 8.19. The van der Waals surface area contributed by atoms with E-state index in [0.717, 1.165) is 0 Å². The third-order valence-electron chi connectivity index (χ3n) is 0.754. The Balaban J connectivity index is 0. The summed E-state index contributed by atoms with van der Waals surface area (Å²) < 4.78 is 12.4. The van der Waals surface area contributed by atoms with E-state index in [2.05, 4.69) is 20.8 Å². The molecule has 6 nitrogen and oxygen atoms in total. The Kier molecular flexibility index (Phi) is 11.9. The zero-order chi connectivity index (χ0) is 11.4. The van der Waals surface area contributed by atoms with Crippen molar-refractivity contribution in [3.8, 4) is 0 Å². The van der Waals surface area contributed by atoms with Crippen molar-refractivity contribution in [3.63, 3.8) is 0 Å². The van der Waals surface area contributed by atoms with Crippen molar-refractivity contribution in [1.29, 1.82) is 0 Å². The number of hydrogen-bond donors (Lipinski definition) is 1. The molecule has 0 aromatic rings. The van der Waals surface area contributed by atoms with Gasteiger partial charge in [0.15, 0.2) is 0 Å². The van der Waals surface area contributed by atoms with Crippen LogP contribution >= 0.6 is 0 Å². The van der Waals surface area contributed by atoms with Crippen LogP contribution in [0.15, 0.2) is 12.7 Å². The Labute approximate surface area is 82.1 Å². The van der Waals surface area contributed by atoms with Crippen LogP contribution in [0.25, 0.3) is 0 Å². The second-order valence-corrected chi connectivity index (χ2v) is 1.75. The van der Waals surface area contributed by atoms with Crippen LogP contribution in [0.4, 0.5) is 9.59 Å². The molecule has 0 bridgehead atoms. The molecule has 1 N–H and O–H groups in total. The van der Waals surface area contributed by atoms with Crippen molar-refractivity contribution in [3.05, 3.63) is 12.7 Å². The molecule has 0 radical (unpaired) electrons. The Hall–Kier alpha value is -1.72. The number of ether oxygens (including phenoxy) is 3. The first-order valence-corrected chi connectivity index (χ1v) is 3.75. The summed E-state index contributed by atoms with van der Waals surface area (Å²) in [5.74, 6) is 0. The van der Waals surface area contributed by atoms with Crippen molar-refractivity contribution in [2.45, 2.75) is 6.92 Å².